The first kappa shape index (κ1) is 13.4. The van der Waals surface area contributed by atoms with Crippen LogP contribution in [0.4, 0.5) is 0 Å². The van der Waals surface area contributed by atoms with E-state index in [4.69, 9.17) is 0 Å². The summed E-state index contributed by atoms with van der Waals surface area (Å²) < 4.78 is 2.10. The topological polar surface area (TPSA) is 46.1 Å². The van der Waals surface area contributed by atoms with Gasteiger partial charge >= 0.3 is 0 Å². The second-order valence-corrected chi connectivity index (χ2v) is 4.49. The minimum atomic E-state index is -0.0525. The van der Waals surface area contributed by atoms with Crippen LogP contribution in [0.15, 0.2) is 42.6 Å². The zero-order valence-electron chi connectivity index (χ0n) is 11.3. The van der Waals surface area contributed by atoms with Gasteiger partial charge in [0.2, 0.25) is 0 Å². The molecule has 0 saturated carbocycles. The van der Waals surface area contributed by atoms with Crippen LogP contribution < -0.4 is 10.6 Å². The molecule has 1 heterocycles. The fraction of sp³-hybridized carbons (Fsp3) is 0.267. The first-order chi connectivity index (χ1) is 9.20. The van der Waals surface area contributed by atoms with Gasteiger partial charge in [0.1, 0.15) is 0 Å². The lowest BCUT2D eigenvalue weighted by Gasteiger charge is -2.07. The van der Waals surface area contributed by atoms with Crippen molar-refractivity contribution in [1.82, 2.24) is 15.2 Å². The third-order valence-electron chi connectivity index (χ3n) is 3.13. The average Bonchev–Trinajstić information content (AvgIpc) is 2.84. The van der Waals surface area contributed by atoms with E-state index in [2.05, 4.69) is 21.3 Å². The molecule has 2 rings (SSSR count). The van der Waals surface area contributed by atoms with Crippen LogP contribution in [-0.4, -0.2) is 17.5 Å². The summed E-state index contributed by atoms with van der Waals surface area (Å²) in [5, 5.41) is 6.00. The van der Waals surface area contributed by atoms with Crippen molar-refractivity contribution in [2.75, 3.05) is 7.05 Å². The molecule has 1 amide bonds. The molecule has 2 aromatic rings. The second-order valence-electron chi connectivity index (χ2n) is 4.49. The van der Waals surface area contributed by atoms with Crippen molar-refractivity contribution in [3.8, 4) is 0 Å². The molecule has 0 aliphatic rings. The van der Waals surface area contributed by atoms with Crippen LogP contribution in [0.3, 0.4) is 0 Å². The van der Waals surface area contributed by atoms with E-state index in [-0.39, 0.29) is 5.91 Å². The number of nitrogens with one attached hydrogen (secondary N) is 2. The van der Waals surface area contributed by atoms with E-state index in [1.165, 1.54) is 11.3 Å². The smallest absolute Gasteiger partial charge is 0.251 e. The Morgan fingerprint density at radius 3 is 2.47 bits per heavy atom. The number of carbonyl (C=O) groups is 1. The van der Waals surface area contributed by atoms with Crippen LogP contribution in [0.2, 0.25) is 0 Å². The molecule has 0 aliphatic carbocycles. The number of hydrogen-bond acceptors (Lipinski definition) is 2. The summed E-state index contributed by atoms with van der Waals surface area (Å²) in [5.41, 5.74) is 3.11. The highest BCUT2D eigenvalue weighted by Crippen LogP contribution is 2.05. The van der Waals surface area contributed by atoms with Crippen LogP contribution >= 0.6 is 0 Å². The maximum atomic E-state index is 11.4. The van der Waals surface area contributed by atoms with E-state index < -0.39 is 0 Å². The summed E-state index contributed by atoms with van der Waals surface area (Å²) in [4.78, 5) is 11.4. The molecule has 0 atom stereocenters. The molecular formula is C15H19N3O. The summed E-state index contributed by atoms with van der Waals surface area (Å²) in [5.74, 6) is -0.0525. The number of rotatable bonds is 5. The van der Waals surface area contributed by atoms with Crippen molar-refractivity contribution in [2.24, 2.45) is 7.05 Å². The first-order valence-electron chi connectivity index (χ1n) is 6.32. The van der Waals surface area contributed by atoms with Crippen molar-refractivity contribution in [2.45, 2.75) is 13.1 Å². The van der Waals surface area contributed by atoms with Crippen molar-refractivity contribution < 1.29 is 4.79 Å². The largest absolute Gasteiger partial charge is 0.355 e. The van der Waals surface area contributed by atoms with Gasteiger partial charge in [0.25, 0.3) is 5.91 Å². The monoisotopic (exact) mass is 257 g/mol. The number of hydrogen-bond donors (Lipinski definition) is 2. The SMILES string of the molecule is CNC(=O)c1ccc(CNCc2cccn2C)cc1. The quantitative estimate of drug-likeness (QED) is 0.856. The molecule has 0 unspecified atom stereocenters. The standard InChI is InChI=1S/C15H19N3O/c1-16-15(19)13-7-5-12(6-8-13)10-17-11-14-4-3-9-18(14)2/h3-9,17H,10-11H2,1-2H3,(H,16,19). The molecule has 1 aromatic heterocycles. The molecule has 0 bridgehead atoms. The molecule has 100 valence electrons. The molecule has 0 saturated heterocycles. The van der Waals surface area contributed by atoms with Gasteiger partial charge in [-0.25, -0.2) is 0 Å². The third-order valence-corrected chi connectivity index (χ3v) is 3.13. The zero-order valence-corrected chi connectivity index (χ0v) is 11.3. The normalized spacial score (nSPS) is 10.4. The number of amides is 1. The van der Waals surface area contributed by atoms with E-state index in [0.29, 0.717) is 5.56 Å². The average molecular weight is 257 g/mol. The molecule has 2 N–H and O–H groups in total. The Morgan fingerprint density at radius 2 is 1.89 bits per heavy atom. The van der Waals surface area contributed by atoms with Gasteiger partial charge in [0, 0.05) is 44.6 Å². The minimum absolute atomic E-state index is 0.0525. The van der Waals surface area contributed by atoms with Gasteiger partial charge in [-0.2, -0.15) is 0 Å². The number of nitrogens with zero attached hydrogens (tertiary/aromatic N) is 1. The lowest BCUT2D eigenvalue weighted by Crippen LogP contribution is -2.18. The number of benzene rings is 1. The van der Waals surface area contributed by atoms with Crippen LogP contribution in [0.1, 0.15) is 21.6 Å². The van der Waals surface area contributed by atoms with Gasteiger partial charge < -0.3 is 15.2 Å². The fourth-order valence-corrected chi connectivity index (χ4v) is 1.93. The first-order valence-corrected chi connectivity index (χ1v) is 6.32. The van der Waals surface area contributed by atoms with Crippen LogP contribution in [0.5, 0.6) is 0 Å². The molecule has 0 spiro atoms. The van der Waals surface area contributed by atoms with Gasteiger partial charge in [-0.05, 0) is 29.8 Å². The van der Waals surface area contributed by atoms with Gasteiger partial charge in [0.05, 0.1) is 0 Å². The van der Waals surface area contributed by atoms with Crippen LogP contribution in [0.25, 0.3) is 0 Å². The number of carbonyl (C=O) groups excluding carboxylic acids is 1. The Balaban J connectivity index is 1.86. The molecule has 0 radical (unpaired) electrons. The van der Waals surface area contributed by atoms with E-state index in [9.17, 15) is 4.79 Å². The predicted molar refractivity (Wildman–Crippen MR) is 75.8 cm³/mol. The van der Waals surface area contributed by atoms with Crippen molar-refractivity contribution >= 4 is 5.91 Å². The lowest BCUT2D eigenvalue weighted by atomic mass is 10.1. The minimum Gasteiger partial charge on any atom is -0.355 e. The van der Waals surface area contributed by atoms with E-state index >= 15 is 0 Å². The maximum Gasteiger partial charge on any atom is 0.251 e. The third kappa shape index (κ3) is 3.45. The molecule has 19 heavy (non-hydrogen) atoms. The van der Waals surface area contributed by atoms with Crippen molar-refractivity contribution in [1.29, 1.82) is 0 Å². The molecule has 1 aromatic carbocycles. The van der Waals surface area contributed by atoms with Crippen LogP contribution in [0, 0.1) is 0 Å². The van der Waals surface area contributed by atoms with E-state index in [1.54, 1.807) is 7.05 Å². The maximum absolute atomic E-state index is 11.4. The van der Waals surface area contributed by atoms with Crippen LogP contribution in [-0.2, 0) is 20.1 Å². The lowest BCUT2D eigenvalue weighted by molar-refractivity contribution is 0.0963. The van der Waals surface area contributed by atoms with E-state index in [1.807, 2.05) is 43.6 Å². The summed E-state index contributed by atoms with van der Waals surface area (Å²) in [6, 6.07) is 11.8. The summed E-state index contributed by atoms with van der Waals surface area (Å²) in [6.45, 7) is 1.62. The highest BCUT2D eigenvalue weighted by atomic mass is 16.1. The predicted octanol–water partition coefficient (Wildman–Crippen LogP) is 1.67. The number of aryl methyl sites for hydroxylation is 1. The van der Waals surface area contributed by atoms with Crippen molar-refractivity contribution in [3.63, 3.8) is 0 Å². The van der Waals surface area contributed by atoms with Gasteiger partial charge in [-0.1, -0.05) is 12.1 Å². The van der Waals surface area contributed by atoms with Gasteiger partial charge in [0.15, 0.2) is 0 Å². The van der Waals surface area contributed by atoms with Gasteiger partial charge in [-0.15, -0.1) is 0 Å². The molecule has 0 fully saturated rings. The van der Waals surface area contributed by atoms with Gasteiger partial charge in [-0.3, -0.25) is 4.79 Å². The second kappa shape index (κ2) is 6.20. The molecule has 4 heteroatoms. The molecule has 0 aliphatic heterocycles. The Hall–Kier alpha value is -2.07. The Bertz CT molecular complexity index is 543. The molecular weight excluding hydrogens is 238 g/mol. The Labute approximate surface area is 113 Å². The fourth-order valence-electron chi connectivity index (χ4n) is 1.93. The zero-order chi connectivity index (χ0) is 13.7. The molecule has 4 nitrogen and oxygen atoms in total. The summed E-state index contributed by atoms with van der Waals surface area (Å²) >= 11 is 0. The van der Waals surface area contributed by atoms with Crippen molar-refractivity contribution in [3.05, 3.63) is 59.4 Å². The highest BCUT2D eigenvalue weighted by Gasteiger charge is 2.02. The number of aromatic nitrogens is 1. The Morgan fingerprint density at radius 1 is 1.16 bits per heavy atom. The van der Waals surface area contributed by atoms with E-state index in [0.717, 1.165) is 13.1 Å². The summed E-state index contributed by atoms with van der Waals surface area (Å²) in [7, 11) is 3.67. The summed E-state index contributed by atoms with van der Waals surface area (Å²) in [6.07, 6.45) is 2.04. The highest BCUT2D eigenvalue weighted by molar-refractivity contribution is 5.93. The Kier molecular flexibility index (Phi) is 4.36.